The van der Waals surface area contributed by atoms with Crippen LogP contribution >= 0.6 is 11.6 Å². The molecule has 3 aromatic rings. The summed E-state index contributed by atoms with van der Waals surface area (Å²) in [5, 5.41) is 2.95. The van der Waals surface area contributed by atoms with Gasteiger partial charge in [0.25, 0.3) is 5.91 Å². The lowest BCUT2D eigenvalue weighted by Gasteiger charge is -2.37. The quantitative estimate of drug-likeness (QED) is 0.550. The zero-order valence-corrected chi connectivity index (χ0v) is 19.1. The third kappa shape index (κ3) is 4.40. The predicted molar refractivity (Wildman–Crippen MR) is 132 cm³/mol. The number of carbonyl (C=O) groups excluding carboxylic acids is 1. The molecule has 1 aromatic heterocycles. The first-order valence-corrected chi connectivity index (χ1v) is 12.0. The summed E-state index contributed by atoms with van der Waals surface area (Å²) in [5.41, 5.74) is 1.97. The first kappa shape index (κ1) is 21.1. The molecule has 0 aliphatic carbocycles. The van der Waals surface area contributed by atoms with Gasteiger partial charge in [0.1, 0.15) is 5.82 Å². The van der Waals surface area contributed by atoms with E-state index in [4.69, 9.17) is 16.6 Å². The summed E-state index contributed by atoms with van der Waals surface area (Å²) in [5.74, 6) is 1.12. The van der Waals surface area contributed by atoms with Gasteiger partial charge in [-0.05, 0) is 60.7 Å². The largest absolute Gasteiger partial charge is 0.368 e. The Hall–Kier alpha value is -2.79. The number of aromatic nitrogens is 1. The number of nitrogens with zero attached hydrogens (tertiary/aromatic N) is 4. The third-order valence-corrected chi connectivity index (χ3v) is 6.91. The van der Waals surface area contributed by atoms with E-state index in [0.717, 1.165) is 79.3 Å². The minimum absolute atomic E-state index is 0.149. The van der Waals surface area contributed by atoms with Crippen molar-refractivity contribution < 1.29 is 4.79 Å². The zero-order chi connectivity index (χ0) is 21.9. The first-order valence-electron chi connectivity index (χ1n) is 11.6. The highest BCUT2D eigenvalue weighted by Crippen LogP contribution is 2.28. The van der Waals surface area contributed by atoms with Gasteiger partial charge < -0.3 is 14.7 Å². The topological polar surface area (TPSA) is 39.7 Å². The number of rotatable bonds is 3. The van der Waals surface area contributed by atoms with Crippen LogP contribution in [0, 0.1) is 0 Å². The van der Waals surface area contributed by atoms with Gasteiger partial charge in [-0.2, -0.15) is 0 Å². The molecular weight excluding hydrogens is 420 g/mol. The van der Waals surface area contributed by atoms with Crippen LogP contribution in [0.3, 0.4) is 0 Å². The van der Waals surface area contributed by atoms with Crippen molar-refractivity contribution in [3.63, 3.8) is 0 Å². The van der Waals surface area contributed by atoms with Crippen LogP contribution in [0.5, 0.6) is 0 Å². The Labute approximate surface area is 194 Å². The Morgan fingerprint density at radius 2 is 1.47 bits per heavy atom. The summed E-state index contributed by atoms with van der Waals surface area (Å²) in [7, 11) is 0. The van der Waals surface area contributed by atoms with Crippen molar-refractivity contribution >= 4 is 39.8 Å². The Morgan fingerprint density at radius 1 is 0.781 bits per heavy atom. The van der Waals surface area contributed by atoms with Crippen molar-refractivity contribution in [3.8, 4) is 0 Å². The molecule has 1 amide bonds. The van der Waals surface area contributed by atoms with E-state index in [9.17, 15) is 4.79 Å². The molecule has 2 aliphatic rings. The van der Waals surface area contributed by atoms with Crippen molar-refractivity contribution in [2.45, 2.75) is 25.7 Å². The third-order valence-electron chi connectivity index (χ3n) is 6.66. The molecule has 166 valence electrons. The lowest BCUT2D eigenvalue weighted by molar-refractivity contribution is 0.0762. The summed E-state index contributed by atoms with van der Waals surface area (Å²) in [4.78, 5) is 24.7. The Morgan fingerprint density at radius 3 is 2.19 bits per heavy atom. The van der Waals surface area contributed by atoms with E-state index in [1.54, 1.807) is 0 Å². The second-order valence-electron chi connectivity index (χ2n) is 8.73. The number of carbonyl (C=O) groups is 1. The molecular formula is C26H29ClN4O. The van der Waals surface area contributed by atoms with Crippen LogP contribution < -0.4 is 9.80 Å². The Kier molecular flexibility index (Phi) is 6.17. The molecule has 2 aliphatic heterocycles. The summed E-state index contributed by atoms with van der Waals surface area (Å²) < 4.78 is 0. The van der Waals surface area contributed by atoms with E-state index < -0.39 is 0 Å². The predicted octanol–water partition coefficient (Wildman–Crippen LogP) is 5.23. The van der Waals surface area contributed by atoms with Crippen LogP contribution in [0.25, 0.3) is 10.8 Å². The fourth-order valence-corrected chi connectivity index (χ4v) is 4.95. The molecule has 0 unspecified atom stereocenters. The van der Waals surface area contributed by atoms with Crippen molar-refractivity contribution in [2.75, 3.05) is 49.1 Å². The van der Waals surface area contributed by atoms with Gasteiger partial charge in [0.05, 0.1) is 0 Å². The maximum absolute atomic E-state index is 13.2. The van der Waals surface area contributed by atoms with E-state index >= 15 is 0 Å². The highest BCUT2D eigenvalue weighted by Gasteiger charge is 2.22. The van der Waals surface area contributed by atoms with Crippen molar-refractivity contribution in [2.24, 2.45) is 0 Å². The van der Waals surface area contributed by atoms with Crippen LogP contribution in [0.15, 0.2) is 54.7 Å². The van der Waals surface area contributed by atoms with E-state index in [2.05, 4.69) is 34.1 Å². The highest BCUT2D eigenvalue weighted by molar-refractivity contribution is 6.30. The van der Waals surface area contributed by atoms with Crippen LogP contribution in [0.1, 0.15) is 36.0 Å². The molecule has 2 saturated heterocycles. The number of amides is 1. The molecule has 6 heteroatoms. The van der Waals surface area contributed by atoms with Gasteiger partial charge in [-0.1, -0.05) is 30.5 Å². The SMILES string of the molecule is O=C(c1ccc2ccnc(N3CCN(c4ccc(Cl)cc4)CC3)c2c1)N1CCCCCC1. The van der Waals surface area contributed by atoms with Gasteiger partial charge in [0.2, 0.25) is 0 Å². The van der Waals surface area contributed by atoms with Gasteiger partial charge in [0.15, 0.2) is 0 Å². The average molecular weight is 449 g/mol. The first-order chi connectivity index (χ1) is 15.7. The number of hydrogen-bond acceptors (Lipinski definition) is 4. The average Bonchev–Trinajstić information content (AvgIpc) is 3.13. The van der Waals surface area contributed by atoms with Crippen molar-refractivity contribution in [3.05, 3.63) is 65.3 Å². The number of anilines is 2. The second kappa shape index (κ2) is 9.37. The molecule has 3 heterocycles. The number of fused-ring (bicyclic) bond motifs is 1. The number of halogens is 1. The van der Waals surface area contributed by atoms with Gasteiger partial charge in [-0.15, -0.1) is 0 Å². The van der Waals surface area contributed by atoms with Gasteiger partial charge in [-0.25, -0.2) is 4.98 Å². The van der Waals surface area contributed by atoms with Crippen LogP contribution in [0.2, 0.25) is 5.02 Å². The lowest BCUT2D eigenvalue weighted by Crippen LogP contribution is -2.46. The molecule has 32 heavy (non-hydrogen) atoms. The summed E-state index contributed by atoms with van der Waals surface area (Å²) >= 11 is 6.04. The summed E-state index contributed by atoms with van der Waals surface area (Å²) in [6, 6.07) is 16.2. The fraction of sp³-hybridized carbons (Fsp3) is 0.385. The van der Waals surface area contributed by atoms with E-state index in [-0.39, 0.29) is 5.91 Å². The Bertz CT molecular complexity index is 1080. The standard InChI is InChI=1S/C26H29ClN4O/c27-22-7-9-23(10-8-22)29-15-17-30(18-16-29)25-24-19-21(6-5-20(24)11-12-28-25)26(32)31-13-3-1-2-4-14-31/h5-12,19H,1-4,13-18H2. The fourth-order valence-electron chi connectivity index (χ4n) is 4.82. The minimum atomic E-state index is 0.149. The smallest absolute Gasteiger partial charge is 0.253 e. The highest BCUT2D eigenvalue weighted by atomic mass is 35.5. The van der Waals surface area contributed by atoms with Crippen LogP contribution in [-0.2, 0) is 0 Å². The van der Waals surface area contributed by atoms with E-state index in [1.165, 1.54) is 18.5 Å². The molecule has 0 radical (unpaired) electrons. The van der Waals surface area contributed by atoms with Gasteiger partial charge in [-0.3, -0.25) is 4.79 Å². The maximum Gasteiger partial charge on any atom is 0.253 e. The molecule has 0 saturated carbocycles. The monoisotopic (exact) mass is 448 g/mol. The second-order valence-corrected chi connectivity index (χ2v) is 9.16. The maximum atomic E-state index is 13.2. The molecule has 0 bridgehead atoms. The number of benzene rings is 2. The molecule has 2 aromatic carbocycles. The Balaban J connectivity index is 1.36. The normalized spacial score (nSPS) is 17.5. The molecule has 5 rings (SSSR count). The van der Waals surface area contributed by atoms with Gasteiger partial charge >= 0.3 is 0 Å². The molecule has 0 spiro atoms. The van der Waals surface area contributed by atoms with Crippen LogP contribution in [0.4, 0.5) is 11.5 Å². The summed E-state index contributed by atoms with van der Waals surface area (Å²) in [6.45, 7) is 5.35. The zero-order valence-electron chi connectivity index (χ0n) is 18.3. The number of likely N-dealkylation sites (tertiary alicyclic amines) is 1. The van der Waals surface area contributed by atoms with E-state index in [1.807, 2.05) is 35.4 Å². The minimum Gasteiger partial charge on any atom is -0.368 e. The van der Waals surface area contributed by atoms with Crippen LogP contribution in [-0.4, -0.2) is 55.1 Å². The molecule has 5 nitrogen and oxygen atoms in total. The number of hydrogen-bond donors (Lipinski definition) is 0. The number of piperazine rings is 1. The van der Waals surface area contributed by atoms with Gasteiger partial charge in [0, 0.05) is 67.1 Å². The van der Waals surface area contributed by atoms with E-state index in [0.29, 0.717) is 0 Å². The molecule has 2 fully saturated rings. The lowest BCUT2D eigenvalue weighted by atomic mass is 10.1. The molecule has 0 N–H and O–H groups in total. The summed E-state index contributed by atoms with van der Waals surface area (Å²) in [6.07, 6.45) is 6.52. The molecule has 0 atom stereocenters. The van der Waals surface area contributed by atoms with Crippen molar-refractivity contribution in [1.82, 2.24) is 9.88 Å². The van der Waals surface area contributed by atoms with Crippen molar-refractivity contribution in [1.29, 1.82) is 0 Å². The number of pyridine rings is 1.